The summed E-state index contributed by atoms with van der Waals surface area (Å²) in [5.74, 6) is 0. The highest BCUT2D eigenvalue weighted by Gasteiger charge is 2.43. The van der Waals surface area contributed by atoms with Gasteiger partial charge < -0.3 is 24.8 Å². The van der Waals surface area contributed by atoms with Crippen molar-refractivity contribution in [2.45, 2.75) is 30.7 Å². The Hall–Kier alpha value is 0.530. The van der Waals surface area contributed by atoms with E-state index in [1.807, 2.05) is 22.6 Å². The van der Waals surface area contributed by atoms with Gasteiger partial charge in [0.15, 0.2) is 6.29 Å². The summed E-state index contributed by atoms with van der Waals surface area (Å²) >= 11 is 2.03. The summed E-state index contributed by atoms with van der Waals surface area (Å²) in [6.07, 6.45) is -4.82. The molecule has 1 rings (SSSR count). The molecule has 0 spiro atoms. The Bertz CT molecular complexity index is 147. The number of halogens is 1. The van der Waals surface area contributed by atoms with Crippen molar-refractivity contribution in [1.82, 2.24) is 0 Å². The summed E-state index contributed by atoms with van der Waals surface area (Å²) in [6.45, 7) is 0. The third-order valence-electron chi connectivity index (χ3n) is 2.05. The molecule has 1 fully saturated rings. The molecule has 13 heavy (non-hydrogen) atoms. The Morgan fingerprint density at radius 1 is 1.23 bits per heavy atom. The second-order valence-corrected chi connectivity index (χ2v) is 3.79. The molecule has 0 radical (unpaired) electrons. The zero-order chi connectivity index (χ0) is 10.0. The smallest absolute Gasteiger partial charge is 0.186 e. The molecule has 0 amide bonds. The summed E-state index contributed by atoms with van der Waals surface area (Å²) in [6, 6.07) is 0. The van der Waals surface area contributed by atoms with E-state index in [1.165, 1.54) is 7.11 Å². The predicted molar refractivity (Wildman–Crippen MR) is 52.6 cm³/mol. The highest BCUT2D eigenvalue weighted by atomic mass is 127. The van der Waals surface area contributed by atoms with Gasteiger partial charge in [-0.15, -0.1) is 0 Å². The monoisotopic (exact) mass is 304 g/mol. The lowest BCUT2D eigenvalue weighted by Gasteiger charge is -2.39. The van der Waals surface area contributed by atoms with E-state index in [0.717, 1.165) is 0 Å². The molecule has 0 unspecified atom stereocenters. The molecule has 1 heterocycles. The molecule has 0 saturated carbocycles. The number of hydrogen-bond donors (Lipinski definition) is 3. The normalized spacial score (nSPS) is 46.4. The number of hydrogen-bond acceptors (Lipinski definition) is 5. The molecule has 0 aromatic carbocycles. The van der Waals surface area contributed by atoms with Crippen molar-refractivity contribution in [3.8, 4) is 0 Å². The molecule has 5 nitrogen and oxygen atoms in total. The molecular weight excluding hydrogens is 291 g/mol. The Balaban J connectivity index is 2.66. The van der Waals surface area contributed by atoms with Crippen molar-refractivity contribution in [3.63, 3.8) is 0 Å². The van der Waals surface area contributed by atoms with Crippen LogP contribution in [-0.4, -0.2) is 57.6 Å². The van der Waals surface area contributed by atoms with Crippen LogP contribution in [0.25, 0.3) is 0 Å². The molecule has 0 aromatic heterocycles. The van der Waals surface area contributed by atoms with E-state index in [-0.39, 0.29) is 0 Å². The number of methoxy groups -OCH3 is 1. The number of rotatable bonds is 2. The van der Waals surface area contributed by atoms with E-state index in [4.69, 9.17) is 9.47 Å². The van der Waals surface area contributed by atoms with Gasteiger partial charge in [0.2, 0.25) is 0 Å². The maximum absolute atomic E-state index is 9.43. The van der Waals surface area contributed by atoms with E-state index in [0.29, 0.717) is 4.43 Å². The highest BCUT2D eigenvalue weighted by Crippen LogP contribution is 2.22. The van der Waals surface area contributed by atoms with Crippen LogP contribution in [0.15, 0.2) is 0 Å². The Kier molecular flexibility index (Phi) is 4.33. The van der Waals surface area contributed by atoms with Gasteiger partial charge in [0.25, 0.3) is 0 Å². The Morgan fingerprint density at radius 2 is 1.85 bits per heavy atom. The fraction of sp³-hybridized carbons (Fsp3) is 1.00. The lowest BCUT2D eigenvalue weighted by Crippen LogP contribution is -2.58. The maximum Gasteiger partial charge on any atom is 0.186 e. The lowest BCUT2D eigenvalue weighted by molar-refractivity contribution is -0.284. The van der Waals surface area contributed by atoms with Gasteiger partial charge in [0, 0.05) is 11.5 Å². The fourth-order valence-electron chi connectivity index (χ4n) is 1.24. The SMILES string of the molecule is CO[C@H]1O[C@H](CI)[C@@H](O)[C@H](O)[C@H]1O. The molecule has 0 aliphatic carbocycles. The van der Waals surface area contributed by atoms with Crippen LogP contribution in [0.1, 0.15) is 0 Å². The van der Waals surface area contributed by atoms with Crippen LogP contribution in [-0.2, 0) is 9.47 Å². The Morgan fingerprint density at radius 3 is 2.31 bits per heavy atom. The molecule has 0 bridgehead atoms. The predicted octanol–water partition coefficient (Wildman–Crippen LogP) is -1.12. The number of aliphatic hydroxyl groups excluding tert-OH is 3. The van der Waals surface area contributed by atoms with Gasteiger partial charge in [-0.3, -0.25) is 0 Å². The molecule has 1 saturated heterocycles. The van der Waals surface area contributed by atoms with E-state index < -0.39 is 30.7 Å². The first-order valence-corrected chi connectivity index (χ1v) is 5.42. The van der Waals surface area contributed by atoms with Crippen molar-refractivity contribution in [2.75, 3.05) is 11.5 Å². The van der Waals surface area contributed by atoms with Gasteiger partial charge in [-0.2, -0.15) is 0 Å². The molecule has 1 aliphatic heterocycles. The zero-order valence-electron chi connectivity index (χ0n) is 7.13. The van der Waals surface area contributed by atoms with Crippen LogP contribution < -0.4 is 0 Å². The first kappa shape index (κ1) is 11.6. The van der Waals surface area contributed by atoms with Crippen LogP contribution in [0.4, 0.5) is 0 Å². The van der Waals surface area contributed by atoms with Crippen molar-refractivity contribution in [2.24, 2.45) is 0 Å². The molecule has 6 heteroatoms. The number of aliphatic hydroxyl groups is 3. The molecule has 78 valence electrons. The van der Waals surface area contributed by atoms with Crippen molar-refractivity contribution in [1.29, 1.82) is 0 Å². The number of alkyl halides is 1. The maximum atomic E-state index is 9.43. The van der Waals surface area contributed by atoms with Crippen LogP contribution in [0, 0.1) is 0 Å². The van der Waals surface area contributed by atoms with Gasteiger partial charge in [0.1, 0.15) is 18.3 Å². The molecular formula is C7H13IO5. The standard InChI is InChI=1S/C7H13IO5/c1-12-7-6(11)5(10)4(9)3(2-8)13-7/h3-7,9-11H,2H2,1H3/t3-,4-,5+,6-,7+/m1/s1. The van der Waals surface area contributed by atoms with Gasteiger partial charge in [-0.05, 0) is 0 Å². The average molecular weight is 304 g/mol. The van der Waals surface area contributed by atoms with Crippen LogP contribution >= 0.6 is 22.6 Å². The summed E-state index contributed by atoms with van der Waals surface area (Å²) in [5.41, 5.74) is 0. The van der Waals surface area contributed by atoms with E-state index >= 15 is 0 Å². The zero-order valence-corrected chi connectivity index (χ0v) is 9.29. The first-order chi connectivity index (χ1) is 6.11. The largest absolute Gasteiger partial charge is 0.388 e. The third kappa shape index (κ3) is 2.31. The van der Waals surface area contributed by atoms with Gasteiger partial charge in [0.05, 0.1) is 6.10 Å². The summed E-state index contributed by atoms with van der Waals surface area (Å²) in [4.78, 5) is 0. The van der Waals surface area contributed by atoms with Gasteiger partial charge in [-0.1, -0.05) is 22.6 Å². The quantitative estimate of drug-likeness (QED) is 0.445. The summed E-state index contributed by atoms with van der Waals surface area (Å²) in [7, 11) is 1.38. The van der Waals surface area contributed by atoms with Crippen molar-refractivity contribution >= 4 is 22.6 Å². The summed E-state index contributed by atoms with van der Waals surface area (Å²) < 4.78 is 10.5. The van der Waals surface area contributed by atoms with Crippen molar-refractivity contribution < 1.29 is 24.8 Å². The van der Waals surface area contributed by atoms with Crippen LogP contribution in [0.2, 0.25) is 0 Å². The Labute approximate surface area is 89.8 Å². The lowest BCUT2D eigenvalue weighted by atomic mass is 10.0. The topological polar surface area (TPSA) is 79.2 Å². The average Bonchev–Trinajstić information content (AvgIpc) is 2.15. The van der Waals surface area contributed by atoms with Crippen LogP contribution in [0.5, 0.6) is 0 Å². The van der Waals surface area contributed by atoms with Crippen molar-refractivity contribution in [3.05, 3.63) is 0 Å². The summed E-state index contributed by atoms with van der Waals surface area (Å²) in [5, 5.41) is 28.2. The fourth-order valence-corrected chi connectivity index (χ4v) is 1.97. The minimum absolute atomic E-state index is 0.496. The van der Waals surface area contributed by atoms with Gasteiger partial charge >= 0.3 is 0 Å². The third-order valence-corrected chi connectivity index (χ3v) is 2.92. The highest BCUT2D eigenvalue weighted by molar-refractivity contribution is 14.1. The van der Waals surface area contributed by atoms with Gasteiger partial charge in [-0.25, -0.2) is 0 Å². The van der Waals surface area contributed by atoms with E-state index in [2.05, 4.69) is 0 Å². The van der Waals surface area contributed by atoms with E-state index in [1.54, 1.807) is 0 Å². The molecule has 1 aliphatic rings. The molecule has 3 N–H and O–H groups in total. The molecule has 5 atom stereocenters. The van der Waals surface area contributed by atoms with Crippen LogP contribution in [0.3, 0.4) is 0 Å². The second kappa shape index (κ2) is 4.85. The number of ether oxygens (including phenoxy) is 2. The first-order valence-electron chi connectivity index (χ1n) is 3.90. The minimum atomic E-state index is -1.21. The molecule has 0 aromatic rings. The minimum Gasteiger partial charge on any atom is -0.388 e. The van der Waals surface area contributed by atoms with E-state index in [9.17, 15) is 15.3 Å². The second-order valence-electron chi connectivity index (χ2n) is 2.90.